The van der Waals surface area contributed by atoms with E-state index in [2.05, 4.69) is 49.2 Å². The number of hydrogen-bond donors (Lipinski definition) is 0. The maximum Gasteiger partial charge on any atom is 0.240 e. The highest BCUT2D eigenvalue weighted by molar-refractivity contribution is 5.34. The van der Waals surface area contributed by atoms with E-state index in [-0.39, 0.29) is 0 Å². The van der Waals surface area contributed by atoms with Crippen molar-refractivity contribution in [3.8, 4) is 5.69 Å². The lowest BCUT2D eigenvalue weighted by atomic mass is 10.1. The second kappa shape index (κ2) is 7.16. The summed E-state index contributed by atoms with van der Waals surface area (Å²) in [5.74, 6) is 1.41. The molecular formula is C18H22N6O. The Hall–Kier alpha value is -2.51. The summed E-state index contributed by atoms with van der Waals surface area (Å²) < 4.78 is 7.22. The van der Waals surface area contributed by atoms with E-state index < -0.39 is 0 Å². The zero-order valence-corrected chi connectivity index (χ0v) is 14.4. The van der Waals surface area contributed by atoms with Gasteiger partial charge in [0.2, 0.25) is 5.89 Å². The van der Waals surface area contributed by atoms with E-state index in [1.54, 1.807) is 6.20 Å². The summed E-state index contributed by atoms with van der Waals surface area (Å²) >= 11 is 0. The molecule has 3 heterocycles. The van der Waals surface area contributed by atoms with Gasteiger partial charge in [-0.15, -0.1) is 0 Å². The molecule has 7 heteroatoms. The summed E-state index contributed by atoms with van der Waals surface area (Å²) in [5.41, 5.74) is 2.48. The predicted molar refractivity (Wildman–Crippen MR) is 93.2 cm³/mol. The van der Waals surface area contributed by atoms with E-state index in [1.165, 1.54) is 5.56 Å². The van der Waals surface area contributed by atoms with Gasteiger partial charge >= 0.3 is 0 Å². The molecule has 0 bridgehead atoms. The van der Waals surface area contributed by atoms with Crippen LogP contribution < -0.4 is 0 Å². The third-order valence-electron chi connectivity index (χ3n) is 4.54. The lowest BCUT2D eigenvalue weighted by molar-refractivity contribution is 0.112. The fourth-order valence-corrected chi connectivity index (χ4v) is 3.14. The van der Waals surface area contributed by atoms with Crippen LogP contribution in [0.4, 0.5) is 0 Å². The number of nitrogens with zero attached hydrogens (tertiary/aromatic N) is 6. The number of aromatic nitrogens is 4. The molecule has 7 nitrogen and oxygen atoms in total. The normalized spacial score (nSPS) is 16.4. The van der Waals surface area contributed by atoms with Crippen LogP contribution in [0.1, 0.15) is 17.3 Å². The van der Waals surface area contributed by atoms with Crippen molar-refractivity contribution in [3.63, 3.8) is 0 Å². The Bertz CT molecular complexity index is 787. The minimum Gasteiger partial charge on any atom is -0.338 e. The Kier molecular flexibility index (Phi) is 4.58. The largest absolute Gasteiger partial charge is 0.338 e. The number of benzene rings is 1. The van der Waals surface area contributed by atoms with Crippen LogP contribution in [0, 0.1) is 6.92 Å². The highest BCUT2D eigenvalue weighted by Crippen LogP contribution is 2.13. The first-order valence-corrected chi connectivity index (χ1v) is 8.57. The third-order valence-corrected chi connectivity index (χ3v) is 4.54. The average molecular weight is 338 g/mol. The van der Waals surface area contributed by atoms with Gasteiger partial charge in [-0.05, 0) is 24.6 Å². The first-order chi connectivity index (χ1) is 12.3. The molecule has 130 valence electrons. The van der Waals surface area contributed by atoms with Gasteiger partial charge in [0.25, 0.3) is 0 Å². The van der Waals surface area contributed by atoms with Gasteiger partial charge in [0.05, 0.1) is 12.9 Å². The minimum absolute atomic E-state index is 0.702. The van der Waals surface area contributed by atoms with Gasteiger partial charge in [-0.25, -0.2) is 4.98 Å². The SMILES string of the molecule is Cc1noc(CN2CCN(Cc3ccc(-n4ccnc4)cc3)CC2)n1. The molecule has 1 aliphatic rings. The predicted octanol–water partition coefficient (Wildman–Crippen LogP) is 1.88. The molecule has 0 atom stereocenters. The molecule has 0 amide bonds. The molecule has 3 aromatic rings. The molecule has 1 aromatic carbocycles. The van der Waals surface area contributed by atoms with Crippen molar-refractivity contribution in [3.05, 3.63) is 60.3 Å². The molecule has 1 aliphatic heterocycles. The molecule has 2 aromatic heterocycles. The topological polar surface area (TPSA) is 63.2 Å². The minimum atomic E-state index is 0.702. The summed E-state index contributed by atoms with van der Waals surface area (Å²) in [7, 11) is 0. The molecule has 0 N–H and O–H groups in total. The third kappa shape index (κ3) is 3.94. The van der Waals surface area contributed by atoms with Gasteiger partial charge in [-0.1, -0.05) is 17.3 Å². The van der Waals surface area contributed by atoms with E-state index in [9.17, 15) is 0 Å². The summed E-state index contributed by atoms with van der Waals surface area (Å²) in [4.78, 5) is 13.2. The lowest BCUT2D eigenvalue weighted by Gasteiger charge is -2.33. The Morgan fingerprint density at radius 1 is 1.00 bits per heavy atom. The highest BCUT2D eigenvalue weighted by atomic mass is 16.5. The quantitative estimate of drug-likeness (QED) is 0.708. The van der Waals surface area contributed by atoms with Gasteiger partial charge in [0.15, 0.2) is 5.82 Å². The molecule has 25 heavy (non-hydrogen) atoms. The molecule has 0 unspecified atom stereocenters. The summed E-state index contributed by atoms with van der Waals surface area (Å²) in [5, 5.41) is 3.85. The maximum absolute atomic E-state index is 5.21. The molecular weight excluding hydrogens is 316 g/mol. The van der Waals surface area contributed by atoms with Gasteiger partial charge in [-0.2, -0.15) is 4.98 Å². The van der Waals surface area contributed by atoms with E-state index in [0.717, 1.165) is 45.0 Å². The number of hydrogen-bond acceptors (Lipinski definition) is 6. The molecule has 0 spiro atoms. The second-order valence-corrected chi connectivity index (χ2v) is 6.42. The van der Waals surface area contributed by atoms with E-state index in [4.69, 9.17) is 4.52 Å². The zero-order chi connectivity index (χ0) is 17.1. The van der Waals surface area contributed by atoms with Crippen LogP contribution in [0.15, 0.2) is 47.5 Å². The molecule has 4 rings (SSSR count). The van der Waals surface area contributed by atoms with Crippen molar-refractivity contribution in [2.24, 2.45) is 0 Å². The zero-order valence-electron chi connectivity index (χ0n) is 14.4. The highest BCUT2D eigenvalue weighted by Gasteiger charge is 2.19. The Morgan fingerprint density at radius 3 is 2.32 bits per heavy atom. The molecule has 0 radical (unpaired) electrons. The summed E-state index contributed by atoms with van der Waals surface area (Å²) in [6.07, 6.45) is 5.57. The van der Waals surface area contributed by atoms with Gasteiger partial charge in [0, 0.05) is 50.8 Å². The van der Waals surface area contributed by atoms with E-state index in [0.29, 0.717) is 11.7 Å². The molecule has 1 saturated heterocycles. The van der Waals surface area contributed by atoms with E-state index >= 15 is 0 Å². The van der Waals surface area contributed by atoms with Crippen molar-refractivity contribution in [1.29, 1.82) is 0 Å². The fourth-order valence-electron chi connectivity index (χ4n) is 3.14. The molecule has 0 saturated carbocycles. The van der Waals surface area contributed by atoms with Gasteiger partial charge < -0.3 is 9.09 Å². The van der Waals surface area contributed by atoms with Crippen molar-refractivity contribution >= 4 is 0 Å². The van der Waals surface area contributed by atoms with Crippen LogP contribution in [0.5, 0.6) is 0 Å². The van der Waals surface area contributed by atoms with Crippen LogP contribution in [-0.4, -0.2) is 55.7 Å². The van der Waals surface area contributed by atoms with Crippen molar-refractivity contribution < 1.29 is 4.52 Å². The van der Waals surface area contributed by atoms with Crippen LogP contribution >= 0.6 is 0 Å². The van der Waals surface area contributed by atoms with Crippen LogP contribution in [0.25, 0.3) is 5.69 Å². The van der Waals surface area contributed by atoms with E-state index in [1.807, 2.05) is 24.0 Å². The van der Waals surface area contributed by atoms with Crippen molar-refractivity contribution in [1.82, 2.24) is 29.5 Å². The van der Waals surface area contributed by atoms with Gasteiger partial charge in [-0.3, -0.25) is 9.80 Å². The van der Waals surface area contributed by atoms with Crippen molar-refractivity contribution in [2.45, 2.75) is 20.0 Å². The fraction of sp³-hybridized carbons (Fsp3) is 0.389. The number of aryl methyl sites for hydroxylation is 1. The number of piperazine rings is 1. The second-order valence-electron chi connectivity index (χ2n) is 6.42. The van der Waals surface area contributed by atoms with Crippen LogP contribution in [-0.2, 0) is 13.1 Å². The molecule has 1 fully saturated rings. The number of rotatable bonds is 5. The lowest BCUT2D eigenvalue weighted by Crippen LogP contribution is -2.45. The first kappa shape index (κ1) is 16.0. The molecule has 0 aliphatic carbocycles. The Labute approximate surface area is 146 Å². The summed E-state index contributed by atoms with van der Waals surface area (Å²) in [6.45, 7) is 7.73. The Morgan fingerprint density at radius 2 is 1.72 bits per heavy atom. The smallest absolute Gasteiger partial charge is 0.240 e. The number of imidazole rings is 1. The monoisotopic (exact) mass is 338 g/mol. The Balaban J connectivity index is 1.28. The van der Waals surface area contributed by atoms with Crippen molar-refractivity contribution in [2.75, 3.05) is 26.2 Å². The average Bonchev–Trinajstić information content (AvgIpc) is 3.29. The maximum atomic E-state index is 5.21. The summed E-state index contributed by atoms with van der Waals surface area (Å²) in [6, 6.07) is 8.68. The first-order valence-electron chi connectivity index (χ1n) is 8.57. The van der Waals surface area contributed by atoms with Gasteiger partial charge in [0.1, 0.15) is 0 Å². The van der Waals surface area contributed by atoms with Crippen LogP contribution in [0.2, 0.25) is 0 Å². The standard InChI is InChI=1S/C18H22N6O/c1-15-20-18(25-21-15)13-23-10-8-22(9-11-23)12-16-2-4-17(5-3-16)24-7-6-19-14-24/h2-7,14H,8-13H2,1H3. The van der Waals surface area contributed by atoms with Crippen LogP contribution in [0.3, 0.4) is 0 Å².